The lowest BCUT2D eigenvalue weighted by molar-refractivity contribution is -0.134. The third-order valence-corrected chi connectivity index (χ3v) is 8.48. The molecule has 0 aliphatic carbocycles. The molecule has 1 aromatic heterocycles. The summed E-state index contributed by atoms with van der Waals surface area (Å²) in [6.45, 7) is 4.92. The van der Waals surface area contributed by atoms with Crippen molar-refractivity contribution in [3.05, 3.63) is 57.0 Å². The molecule has 1 atom stereocenters. The number of carbonyl (C=O) groups excluding carboxylic acids is 1. The average Bonchev–Trinajstić information content (AvgIpc) is 3.00. The standard InChI is InChI=1S/C33H46BrN3O5/c1-6-7-8-9-10-11-12-13-14-19-30(38)36(20-21-40-3)24(2)32-35-27-18-16-15-17-26(27)33(39)37(32)28-22-25(41-4)23-29(42-5)31(28)34/h15-18,22-24H,6-14,19-21H2,1-5H3. The van der Waals surface area contributed by atoms with Crippen molar-refractivity contribution in [1.82, 2.24) is 14.5 Å². The highest BCUT2D eigenvalue weighted by Gasteiger charge is 2.28. The number of halogens is 1. The molecule has 2 aromatic carbocycles. The van der Waals surface area contributed by atoms with Crippen molar-refractivity contribution in [2.24, 2.45) is 0 Å². The number of para-hydroxylation sites is 1. The van der Waals surface area contributed by atoms with Gasteiger partial charge in [0.2, 0.25) is 5.91 Å². The highest BCUT2D eigenvalue weighted by molar-refractivity contribution is 9.10. The molecular weight excluding hydrogens is 598 g/mol. The molecule has 230 valence electrons. The molecule has 1 heterocycles. The van der Waals surface area contributed by atoms with Gasteiger partial charge in [-0.15, -0.1) is 0 Å². The lowest BCUT2D eigenvalue weighted by Gasteiger charge is -2.31. The van der Waals surface area contributed by atoms with E-state index in [0.29, 0.717) is 58.0 Å². The van der Waals surface area contributed by atoms with Gasteiger partial charge in [0.25, 0.3) is 5.56 Å². The van der Waals surface area contributed by atoms with Crippen molar-refractivity contribution in [1.29, 1.82) is 0 Å². The third kappa shape index (κ3) is 8.57. The molecule has 0 aliphatic heterocycles. The number of amides is 1. The number of fused-ring (bicyclic) bond motifs is 1. The van der Waals surface area contributed by atoms with Crippen LogP contribution in [0.15, 0.2) is 45.7 Å². The van der Waals surface area contributed by atoms with Gasteiger partial charge in [-0.05, 0) is 41.4 Å². The number of aromatic nitrogens is 2. The number of unbranched alkanes of at least 4 members (excludes halogenated alkanes) is 8. The normalized spacial score (nSPS) is 12.0. The minimum absolute atomic E-state index is 0.0266. The number of nitrogens with zero attached hydrogens (tertiary/aromatic N) is 3. The van der Waals surface area contributed by atoms with Gasteiger partial charge in [-0.1, -0.05) is 70.4 Å². The molecule has 0 radical (unpaired) electrons. The number of methoxy groups -OCH3 is 3. The van der Waals surface area contributed by atoms with Crippen LogP contribution in [0.1, 0.15) is 89.9 Å². The molecule has 0 saturated heterocycles. The predicted molar refractivity (Wildman–Crippen MR) is 172 cm³/mol. The summed E-state index contributed by atoms with van der Waals surface area (Å²) in [5.74, 6) is 1.52. The zero-order chi connectivity index (χ0) is 30.5. The Morgan fingerprint density at radius 1 is 0.976 bits per heavy atom. The van der Waals surface area contributed by atoms with Crippen LogP contribution in [0.3, 0.4) is 0 Å². The number of ether oxygens (including phenoxy) is 3. The highest BCUT2D eigenvalue weighted by atomic mass is 79.9. The van der Waals surface area contributed by atoms with E-state index in [9.17, 15) is 9.59 Å². The fourth-order valence-corrected chi connectivity index (χ4v) is 5.81. The summed E-state index contributed by atoms with van der Waals surface area (Å²) in [6.07, 6.45) is 11.1. The number of carbonyl (C=O) groups is 1. The fourth-order valence-electron chi connectivity index (χ4n) is 5.24. The number of rotatable bonds is 18. The summed E-state index contributed by atoms with van der Waals surface area (Å²) in [5.41, 5.74) is 0.857. The second-order valence-corrected chi connectivity index (χ2v) is 11.4. The van der Waals surface area contributed by atoms with Crippen LogP contribution < -0.4 is 15.0 Å². The number of hydrogen-bond acceptors (Lipinski definition) is 6. The van der Waals surface area contributed by atoms with E-state index in [0.717, 1.165) is 19.3 Å². The van der Waals surface area contributed by atoms with Gasteiger partial charge in [-0.2, -0.15) is 0 Å². The van der Waals surface area contributed by atoms with Gasteiger partial charge in [0.15, 0.2) is 0 Å². The van der Waals surface area contributed by atoms with Crippen LogP contribution in [0, 0.1) is 0 Å². The predicted octanol–water partition coefficient (Wildman–Crippen LogP) is 7.62. The van der Waals surface area contributed by atoms with E-state index in [2.05, 4.69) is 22.9 Å². The van der Waals surface area contributed by atoms with Gasteiger partial charge < -0.3 is 19.1 Å². The second kappa shape index (κ2) is 17.3. The first kappa shape index (κ1) is 33.6. The summed E-state index contributed by atoms with van der Waals surface area (Å²) >= 11 is 3.63. The van der Waals surface area contributed by atoms with E-state index in [1.165, 1.54) is 38.5 Å². The van der Waals surface area contributed by atoms with Gasteiger partial charge in [0, 0.05) is 32.2 Å². The van der Waals surface area contributed by atoms with Gasteiger partial charge in [0.05, 0.1) is 47.9 Å². The largest absolute Gasteiger partial charge is 0.497 e. The average molecular weight is 645 g/mol. The molecule has 1 unspecified atom stereocenters. The molecule has 0 fully saturated rings. The van der Waals surface area contributed by atoms with Gasteiger partial charge in [-0.25, -0.2) is 4.98 Å². The topological polar surface area (TPSA) is 82.9 Å². The molecule has 0 spiro atoms. The quantitative estimate of drug-likeness (QED) is 0.133. The van der Waals surface area contributed by atoms with Crippen molar-refractivity contribution in [2.75, 3.05) is 34.5 Å². The van der Waals surface area contributed by atoms with Gasteiger partial charge in [0.1, 0.15) is 17.3 Å². The molecular formula is C33H46BrN3O5. The summed E-state index contributed by atoms with van der Waals surface area (Å²) in [5, 5.41) is 0.478. The van der Waals surface area contributed by atoms with Crippen molar-refractivity contribution in [3.8, 4) is 17.2 Å². The van der Waals surface area contributed by atoms with Crippen LogP contribution in [0.25, 0.3) is 16.6 Å². The lowest BCUT2D eigenvalue weighted by atomic mass is 10.1. The minimum atomic E-state index is -0.507. The van der Waals surface area contributed by atoms with E-state index in [4.69, 9.17) is 19.2 Å². The Morgan fingerprint density at radius 3 is 2.29 bits per heavy atom. The van der Waals surface area contributed by atoms with Crippen LogP contribution in [-0.2, 0) is 9.53 Å². The number of hydrogen-bond donors (Lipinski definition) is 0. The Labute approximate surface area is 258 Å². The Morgan fingerprint density at radius 2 is 1.64 bits per heavy atom. The van der Waals surface area contributed by atoms with E-state index < -0.39 is 6.04 Å². The van der Waals surface area contributed by atoms with E-state index >= 15 is 0 Å². The van der Waals surface area contributed by atoms with Gasteiger partial charge >= 0.3 is 0 Å². The van der Waals surface area contributed by atoms with Gasteiger partial charge in [-0.3, -0.25) is 14.2 Å². The van der Waals surface area contributed by atoms with Crippen molar-refractivity contribution >= 4 is 32.7 Å². The van der Waals surface area contributed by atoms with E-state index in [-0.39, 0.29) is 11.5 Å². The molecule has 42 heavy (non-hydrogen) atoms. The van der Waals surface area contributed by atoms with E-state index in [1.807, 2.05) is 25.1 Å². The Kier molecular flexibility index (Phi) is 13.8. The molecule has 9 heteroatoms. The first-order valence-electron chi connectivity index (χ1n) is 15.1. The zero-order valence-corrected chi connectivity index (χ0v) is 27.4. The Hall–Kier alpha value is -2.91. The summed E-state index contributed by atoms with van der Waals surface area (Å²) in [7, 11) is 4.75. The summed E-state index contributed by atoms with van der Waals surface area (Å²) in [6, 6.07) is 10.3. The molecule has 3 aromatic rings. The maximum Gasteiger partial charge on any atom is 0.266 e. The monoisotopic (exact) mass is 643 g/mol. The maximum atomic E-state index is 14.1. The summed E-state index contributed by atoms with van der Waals surface area (Å²) in [4.78, 5) is 34.4. The highest BCUT2D eigenvalue weighted by Crippen LogP contribution is 2.37. The molecule has 0 aliphatic rings. The van der Waals surface area contributed by atoms with Crippen LogP contribution in [0.5, 0.6) is 11.5 Å². The molecule has 3 rings (SSSR count). The maximum absolute atomic E-state index is 14.1. The first-order valence-corrected chi connectivity index (χ1v) is 15.9. The molecule has 0 bridgehead atoms. The zero-order valence-electron chi connectivity index (χ0n) is 25.8. The van der Waals surface area contributed by atoms with Crippen LogP contribution in [-0.4, -0.2) is 54.8 Å². The van der Waals surface area contributed by atoms with Crippen molar-refractivity contribution < 1.29 is 19.0 Å². The molecule has 0 saturated carbocycles. The lowest BCUT2D eigenvalue weighted by Crippen LogP contribution is -2.39. The first-order chi connectivity index (χ1) is 20.4. The van der Waals surface area contributed by atoms with Crippen LogP contribution in [0.2, 0.25) is 0 Å². The van der Waals surface area contributed by atoms with Crippen molar-refractivity contribution in [2.45, 2.75) is 84.1 Å². The Balaban J connectivity index is 1.94. The van der Waals surface area contributed by atoms with Crippen LogP contribution in [0.4, 0.5) is 0 Å². The van der Waals surface area contributed by atoms with Crippen LogP contribution >= 0.6 is 15.9 Å². The van der Waals surface area contributed by atoms with E-state index in [1.54, 1.807) is 49.0 Å². The second-order valence-electron chi connectivity index (χ2n) is 10.6. The molecule has 0 N–H and O–H groups in total. The smallest absolute Gasteiger partial charge is 0.266 e. The van der Waals surface area contributed by atoms with Crippen molar-refractivity contribution in [3.63, 3.8) is 0 Å². The molecule has 1 amide bonds. The molecule has 8 nitrogen and oxygen atoms in total. The number of benzene rings is 2. The minimum Gasteiger partial charge on any atom is -0.497 e. The summed E-state index contributed by atoms with van der Waals surface area (Å²) < 4.78 is 18.6. The fraction of sp³-hybridized carbons (Fsp3) is 0.545. The third-order valence-electron chi connectivity index (χ3n) is 7.68. The Bertz CT molecular complexity index is 1360. The SMILES string of the molecule is CCCCCCCCCCCC(=O)N(CCOC)C(C)c1nc2ccccc2c(=O)n1-c1cc(OC)cc(OC)c1Br.